The van der Waals surface area contributed by atoms with E-state index in [0.29, 0.717) is 25.4 Å². The fourth-order valence-corrected chi connectivity index (χ4v) is 3.94. The Morgan fingerprint density at radius 1 is 1.29 bits per heavy atom. The fraction of sp³-hybridized carbons (Fsp3) is 0.500. The first kappa shape index (κ1) is 15.8. The minimum atomic E-state index is -3.58. The van der Waals surface area contributed by atoms with Crippen molar-refractivity contribution in [1.82, 2.24) is 4.31 Å². The number of amides is 1. The Labute approximate surface area is 124 Å². The van der Waals surface area contributed by atoms with Crippen molar-refractivity contribution in [3.8, 4) is 5.75 Å². The molecule has 1 fully saturated rings. The molecule has 1 saturated heterocycles. The number of hydrogen-bond donors (Lipinski definition) is 1. The number of sulfonamides is 1. The van der Waals surface area contributed by atoms with E-state index < -0.39 is 15.9 Å². The molecule has 1 aromatic rings. The summed E-state index contributed by atoms with van der Waals surface area (Å²) in [7, 11) is -3.58. The third kappa shape index (κ3) is 3.36. The Morgan fingerprint density at radius 2 is 1.95 bits per heavy atom. The van der Waals surface area contributed by atoms with Gasteiger partial charge in [-0.2, -0.15) is 4.31 Å². The number of piperidine rings is 1. The maximum Gasteiger partial charge on any atom is 0.252 e. The maximum absolute atomic E-state index is 12.6. The molecule has 1 aliphatic rings. The molecule has 0 atom stereocenters. The topological polar surface area (TPSA) is 89.7 Å². The average molecular weight is 312 g/mol. The van der Waals surface area contributed by atoms with Crippen LogP contribution in [0, 0.1) is 0 Å². The highest BCUT2D eigenvalue weighted by Crippen LogP contribution is 2.26. The number of carbonyl (C=O) groups excluding carboxylic acids is 1. The molecule has 1 amide bonds. The van der Waals surface area contributed by atoms with Crippen molar-refractivity contribution >= 4 is 15.9 Å². The highest BCUT2D eigenvalue weighted by Gasteiger charge is 2.27. The molecule has 2 N–H and O–H groups in total. The number of primary amides is 1. The van der Waals surface area contributed by atoms with Gasteiger partial charge in [-0.1, -0.05) is 6.42 Å². The third-order valence-corrected chi connectivity index (χ3v) is 5.36. The van der Waals surface area contributed by atoms with E-state index in [1.54, 1.807) is 6.92 Å². The first-order valence-electron chi connectivity index (χ1n) is 7.03. The van der Waals surface area contributed by atoms with Gasteiger partial charge < -0.3 is 10.5 Å². The van der Waals surface area contributed by atoms with Gasteiger partial charge in [0.1, 0.15) is 5.75 Å². The Bertz CT molecular complexity index is 622. The second-order valence-corrected chi connectivity index (χ2v) is 6.86. The zero-order chi connectivity index (χ0) is 15.5. The molecule has 21 heavy (non-hydrogen) atoms. The summed E-state index contributed by atoms with van der Waals surface area (Å²) in [4.78, 5) is 11.6. The number of ether oxygens (including phenoxy) is 1. The molecule has 0 aromatic heterocycles. The lowest BCUT2D eigenvalue weighted by Crippen LogP contribution is -2.35. The van der Waals surface area contributed by atoms with Crippen LogP contribution >= 0.6 is 0 Å². The zero-order valence-corrected chi connectivity index (χ0v) is 12.9. The molecule has 0 unspecified atom stereocenters. The SMILES string of the molecule is CCOc1ccc(S(=O)(=O)N2CCCCC2)cc1C(N)=O. The van der Waals surface area contributed by atoms with Crippen LogP contribution in [0.5, 0.6) is 5.75 Å². The zero-order valence-electron chi connectivity index (χ0n) is 12.0. The van der Waals surface area contributed by atoms with Gasteiger partial charge in [0.05, 0.1) is 17.1 Å². The maximum atomic E-state index is 12.6. The molecule has 6 nitrogen and oxygen atoms in total. The van der Waals surface area contributed by atoms with Crippen molar-refractivity contribution in [3.63, 3.8) is 0 Å². The summed E-state index contributed by atoms with van der Waals surface area (Å²) in [6.45, 7) is 3.19. The number of benzene rings is 1. The third-order valence-electron chi connectivity index (χ3n) is 3.47. The van der Waals surface area contributed by atoms with E-state index in [-0.39, 0.29) is 10.5 Å². The highest BCUT2D eigenvalue weighted by atomic mass is 32.2. The second kappa shape index (κ2) is 6.44. The Balaban J connectivity index is 2.39. The molecular formula is C14H20N2O4S. The van der Waals surface area contributed by atoms with Crippen LogP contribution in [0.25, 0.3) is 0 Å². The summed E-state index contributed by atoms with van der Waals surface area (Å²) in [5.41, 5.74) is 5.40. The Hall–Kier alpha value is -1.60. The summed E-state index contributed by atoms with van der Waals surface area (Å²) in [5.74, 6) is -0.392. The molecule has 0 bridgehead atoms. The van der Waals surface area contributed by atoms with Crippen molar-refractivity contribution in [2.75, 3.05) is 19.7 Å². The average Bonchev–Trinajstić information content (AvgIpc) is 2.48. The lowest BCUT2D eigenvalue weighted by atomic mass is 10.2. The molecule has 1 aliphatic heterocycles. The molecular weight excluding hydrogens is 292 g/mol. The number of carbonyl (C=O) groups is 1. The monoisotopic (exact) mass is 312 g/mol. The Morgan fingerprint density at radius 3 is 2.52 bits per heavy atom. The van der Waals surface area contributed by atoms with Crippen molar-refractivity contribution < 1.29 is 17.9 Å². The minimum absolute atomic E-state index is 0.0849. The molecule has 7 heteroatoms. The summed E-state index contributed by atoms with van der Waals surface area (Å²) in [5, 5.41) is 0. The summed E-state index contributed by atoms with van der Waals surface area (Å²) in [6.07, 6.45) is 2.76. The first-order valence-corrected chi connectivity index (χ1v) is 8.47. The summed E-state index contributed by atoms with van der Waals surface area (Å²) < 4.78 is 31.9. The van der Waals surface area contributed by atoms with Crippen LogP contribution in [0.15, 0.2) is 23.1 Å². The minimum Gasteiger partial charge on any atom is -0.493 e. The molecule has 116 valence electrons. The van der Waals surface area contributed by atoms with Crippen LogP contribution in [-0.2, 0) is 10.0 Å². The number of rotatable bonds is 5. The van der Waals surface area contributed by atoms with Gasteiger partial charge in [0.2, 0.25) is 10.0 Å². The van der Waals surface area contributed by atoms with Crippen molar-refractivity contribution in [2.45, 2.75) is 31.1 Å². The van der Waals surface area contributed by atoms with Gasteiger partial charge in [-0.15, -0.1) is 0 Å². The molecule has 0 spiro atoms. The van der Waals surface area contributed by atoms with E-state index in [1.165, 1.54) is 22.5 Å². The van der Waals surface area contributed by atoms with E-state index in [0.717, 1.165) is 19.3 Å². The molecule has 1 heterocycles. The number of nitrogens with zero attached hydrogens (tertiary/aromatic N) is 1. The van der Waals surface area contributed by atoms with Crippen LogP contribution in [0.4, 0.5) is 0 Å². The standard InChI is InChI=1S/C14H20N2O4S/c1-2-20-13-7-6-11(10-12(13)14(15)17)21(18,19)16-8-4-3-5-9-16/h6-7,10H,2-5,8-9H2,1H3,(H2,15,17). The number of nitrogens with two attached hydrogens (primary N) is 1. The fourth-order valence-electron chi connectivity index (χ4n) is 2.40. The van der Waals surface area contributed by atoms with Crippen LogP contribution in [-0.4, -0.2) is 38.3 Å². The van der Waals surface area contributed by atoms with Gasteiger partial charge in [-0.25, -0.2) is 8.42 Å². The lowest BCUT2D eigenvalue weighted by Gasteiger charge is -2.26. The summed E-state index contributed by atoms with van der Waals surface area (Å²) >= 11 is 0. The van der Waals surface area contributed by atoms with Crippen LogP contribution in [0.1, 0.15) is 36.5 Å². The van der Waals surface area contributed by atoms with Gasteiger partial charge in [0, 0.05) is 13.1 Å². The highest BCUT2D eigenvalue weighted by molar-refractivity contribution is 7.89. The van der Waals surface area contributed by atoms with Crippen molar-refractivity contribution in [3.05, 3.63) is 23.8 Å². The largest absolute Gasteiger partial charge is 0.493 e. The molecule has 0 radical (unpaired) electrons. The molecule has 2 rings (SSSR count). The lowest BCUT2D eigenvalue weighted by molar-refractivity contribution is 0.0996. The Kier molecular flexibility index (Phi) is 4.84. The predicted octanol–water partition coefficient (Wildman–Crippen LogP) is 1.36. The smallest absolute Gasteiger partial charge is 0.252 e. The van der Waals surface area contributed by atoms with Crippen molar-refractivity contribution in [2.24, 2.45) is 5.73 Å². The van der Waals surface area contributed by atoms with E-state index >= 15 is 0 Å². The molecule has 0 aliphatic carbocycles. The van der Waals surface area contributed by atoms with Crippen LogP contribution < -0.4 is 10.5 Å². The molecule has 1 aromatic carbocycles. The van der Waals surface area contributed by atoms with Gasteiger partial charge in [-0.05, 0) is 38.0 Å². The second-order valence-electron chi connectivity index (χ2n) is 4.92. The first-order chi connectivity index (χ1) is 9.96. The van der Waals surface area contributed by atoms with Gasteiger partial charge >= 0.3 is 0 Å². The van der Waals surface area contributed by atoms with Crippen LogP contribution in [0.3, 0.4) is 0 Å². The summed E-state index contributed by atoms with van der Waals surface area (Å²) in [6, 6.07) is 4.25. The van der Waals surface area contributed by atoms with E-state index in [4.69, 9.17) is 10.5 Å². The van der Waals surface area contributed by atoms with Gasteiger partial charge in [0.15, 0.2) is 0 Å². The number of hydrogen-bond acceptors (Lipinski definition) is 4. The van der Waals surface area contributed by atoms with Gasteiger partial charge in [-0.3, -0.25) is 4.79 Å². The van der Waals surface area contributed by atoms with E-state index in [1.807, 2.05) is 0 Å². The van der Waals surface area contributed by atoms with Gasteiger partial charge in [0.25, 0.3) is 5.91 Å². The quantitative estimate of drug-likeness (QED) is 0.889. The predicted molar refractivity (Wildman–Crippen MR) is 78.7 cm³/mol. The van der Waals surface area contributed by atoms with E-state index in [2.05, 4.69) is 0 Å². The molecule has 0 saturated carbocycles. The normalized spacial score (nSPS) is 16.6. The van der Waals surface area contributed by atoms with Crippen LogP contribution in [0.2, 0.25) is 0 Å². The van der Waals surface area contributed by atoms with E-state index in [9.17, 15) is 13.2 Å². The van der Waals surface area contributed by atoms with Crippen molar-refractivity contribution in [1.29, 1.82) is 0 Å².